The Balaban J connectivity index is 1.56. The molecule has 1 aromatic rings. The van der Waals surface area contributed by atoms with Crippen molar-refractivity contribution in [3.8, 4) is 0 Å². The van der Waals surface area contributed by atoms with Crippen LogP contribution in [0.25, 0.3) is 0 Å². The summed E-state index contributed by atoms with van der Waals surface area (Å²) in [4.78, 5) is 52.7. The Labute approximate surface area is 168 Å². The largest absolute Gasteiger partial charge is 0.335 e. The normalized spacial score (nSPS) is 17.7. The molecular weight excluding hydrogens is 380 g/mol. The van der Waals surface area contributed by atoms with E-state index in [1.807, 2.05) is 24.5 Å². The summed E-state index contributed by atoms with van der Waals surface area (Å²) in [5, 5.41) is 5.53. The zero-order valence-corrected chi connectivity index (χ0v) is 16.8. The fourth-order valence-corrected chi connectivity index (χ4v) is 4.19. The van der Waals surface area contributed by atoms with Gasteiger partial charge >= 0.3 is 6.03 Å². The Morgan fingerprint density at radius 2 is 1.93 bits per heavy atom. The van der Waals surface area contributed by atoms with Crippen LogP contribution in [0.15, 0.2) is 29.2 Å². The first-order valence-electron chi connectivity index (χ1n) is 9.17. The van der Waals surface area contributed by atoms with Gasteiger partial charge in [-0.3, -0.25) is 19.3 Å². The number of nitrogens with zero attached hydrogens (tertiary/aromatic N) is 2. The second-order valence-corrected chi connectivity index (χ2v) is 7.96. The number of anilines is 1. The molecule has 1 spiro atoms. The van der Waals surface area contributed by atoms with Crippen LogP contribution in [0.2, 0.25) is 0 Å². The minimum atomic E-state index is -0.838. The highest BCUT2D eigenvalue weighted by molar-refractivity contribution is 7.98. The molecule has 150 valence electrons. The second kappa shape index (κ2) is 8.22. The minimum Gasteiger partial charge on any atom is -0.335 e. The van der Waals surface area contributed by atoms with Crippen LogP contribution in [-0.4, -0.2) is 65.5 Å². The van der Waals surface area contributed by atoms with E-state index >= 15 is 0 Å². The number of benzene rings is 1. The molecule has 9 heteroatoms. The molecular formula is C19H24N4O4S. The van der Waals surface area contributed by atoms with Crippen molar-refractivity contribution in [1.82, 2.24) is 15.1 Å². The monoisotopic (exact) mass is 404 g/mol. The summed E-state index contributed by atoms with van der Waals surface area (Å²) >= 11 is 1.51. The van der Waals surface area contributed by atoms with Crippen LogP contribution in [0.1, 0.15) is 25.7 Å². The molecule has 3 rings (SSSR count). The van der Waals surface area contributed by atoms with E-state index in [1.165, 1.54) is 23.7 Å². The summed E-state index contributed by atoms with van der Waals surface area (Å²) in [5.74, 6) is -1.15. The lowest BCUT2D eigenvalue weighted by molar-refractivity contribution is -0.139. The molecule has 0 unspecified atom stereocenters. The fraction of sp³-hybridized carbons (Fsp3) is 0.474. The summed E-state index contributed by atoms with van der Waals surface area (Å²) in [6, 6.07) is 6.85. The number of nitrogens with one attached hydrogen (secondary N) is 2. The maximum absolute atomic E-state index is 12.6. The molecule has 8 nitrogen and oxygen atoms in total. The van der Waals surface area contributed by atoms with E-state index < -0.39 is 17.5 Å². The number of carbonyl (C=O) groups excluding carboxylic acids is 4. The van der Waals surface area contributed by atoms with Gasteiger partial charge in [0.2, 0.25) is 11.8 Å². The highest BCUT2D eigenvalue weighted by Crippen LogP contribution is 2.34. The number of para-hydroxylation sites is 1. The van der Waals surface area contributed by atoms with Crippen LogP contribution in [-0.2, 0) is 14.4 Å². The van der Waals surface area contributed by atoms with Crippen molar-refractivity contribution in [2.75, 3.05) is 31.7 Å². The molecule has 0 aromatic heterocycles. The smallest absolute Gasteiger partial charge is 0.325 e. The van der Waals surface area contributed by atoms with Crippen molar-refractivity contribution in [3.63, 3.8) is 0 Å². The highest BCUT2D eigenvalue weighted by Gasteiger charge is 2.52. The maximum atomic E-state index is 12.6. The topological polar surface area (TPSA) is 98.8 Å². The van der Waals surface area contributed by atoms with Gasteiger partial charge in [0.05, 0.1) is 12.2 Å². The standard InChI is InChI=1S/C19H24N4O4S/c1-22(11-15(24)20-13-7-3-4-8-14(13)28-2)16(25)12-23-17(26)19(21-18(23)27)9-5-6-10-19/h3-4,7-8H,5-6,9-12H2,1-2H3,(H,20,24)(H,21,27). The summed E-state index contributed by atoms with van der Waals surface area (Å²) in [7, 11) is 1.48. The van der Waals surface area contributed by atoms with Gasteiger partial charge in [0, 0.05) is 11.9 Å². The molecule has 28 heavy (non-hydrogen) atoms. The summed E-state index contributed by atoms with van der Waals surface area (Å²) in [6.07, 6.45) is 4.89. The van der Waals surface area contributed by atoms with E-state index in [9.17, 15) is 19.2 Å². The van der Waals surface area contributed by atoms with E-state index in [2.05, 4.69) is 10.6 Å². The zero-order valence-electron chi connectivity index (χ0n) is 16.0. The predicted octanol–water partition coefficient (Wildman–Crippen LogP) is 1.67. The SMILES string of the molecule is CSc1ccccc1NC(=O)CN(C)C(=O)CN1C(=O)NC2(CCCC2)C1=O. The van der Waals surface area contributed by atoms with E-state index in [0.29, 0.717) is 18.5 Å². The number of rotatable bonds is 6. The van der Waals surface area contributed by atoms with Crippen LogP contribution in [0.4, 0.5) is 10.5 Å². The van der Waals surface area contributed by atoms with E-state index in [-0.39, 0.29) is 24.9 Å². The van der Waals surface area contributed by atoms with Gasteiger partial charge in [-0.15, -0.1) is 11.8 Å². The second-order valence-electron chi connectivity index (χ2n) is 7.11. The Morgan fingerprint density at radius 1 is 1.25 bits per heavy atom. The molecule has 2 aliphatic rings. The van der Waals surface area contributed by atoms with Gasteiger partial charge in [0.15, 0.2) is 0 Å². The van der Waals surface area contributed by atoms with Crippen molar-refractivity contribution in [2.45, 2.75) is 36.1 Å². The van der Waals surface area contributed by atoms with Crippen LogP contribution in [0.3, 0.4) is 0 Å². The first-order chi connectivity index (χ1) is 13.4. The molecule has 1 aliphatic carbocycles. The number of carbonyl (C=O) groups is 4. The van der Waals surface area contributed by atoms with Crippen molar-refractivity contribution in [1.29, 1.82) is 0 Å². The van der Waals surface area contributed by atoms with Gasteiger partial charge in [-0.25, -0.2) is 4.79 Å². The summed E-state index contributed by atoms with van der Waals surface area (Å²) in [6.45, 7) is -0.534. The van der Waals surface area contributed by atoms with Crippen LogP contribution < -0.4 is 10.6 Å². The van der Waals surface area contributed by atoms with Gasteiger partial charge in [0.25, 0.3) is 5.91 Å². The summed E-state index contributed by atoms with van der Waals surface area (Å²) in [5.41, 5.74) is -0.160. The lowest BCUT2D eigenvalue weighted by Crippen LogP contribution is -2.46. The fourth-order valence-electron chi connectivity index (χ4n) is 3.63. The van der Waals surface area contributed by atoms with Gasteiger partial charge in [-0.1, -0.05) is 25.0 Å². The van der Waals surface area contributed by atoms with E-state index in [4.69, 9.17) is 0 Å². The number of hydrogen-bond donors (Lipinski definition) is 2. The molecule has 1 heterocycles. The zero-order chi connectivity index (χ0) is 20.3. The number of likely N-dealkylation sites (N-methyl/N-ethyl adjacent to an activating group) is 1. The van der Waals surface area contributed by atoms with Crippen LogP contribution in [0, 0.1) is 0 Å². The van der Waals surface area contributed by atoms with Gasteiger partial charge in [-0.05, 0) is 31.2 Å². The van der Waals surface area contributed by atoms with Crippen LogP contribution >= 0.6 is 11.8 Å². The minimum absolute atomic E-state index is 0.170. The number of hydrogen-bond acceptors (Lipinski definition) is 5. The van der Waals surface area contributed by atoms with Crippen molar-refractivity contribution >= 4 is 41.2 Å². The lowest BCUT2D eigenvalue weighted by Gasteiger charge is -2.22. The molecule has 0 radical (unpaired) electrons. The molecule has 1 aliphatic heterocycles. The number of amides is 5. The maximum Gasteiger partial charge on any atom is 0.325 e. The molecule has 2 fully saturated rings. The molecule has 5 amide bonds. The third-order valence-corrected chi connectivity index (χ3v) is 5.98. The van der Waals surface area contributed by atoms with Gasteiger partial charge < -0.3 is 15.5 Å². The number of urea groups is 1. The van der Waals surface area contributed by atoms with Crippen molar-refractivity contribution < 1.29 is 19.2 Å². The Kier molecular flexibility index (Phi) is 5.93. The Hall–Kier alpha value is -2.55. The highest BCUT2D eigenvalue weighted by atomic mass is 32.2. The lowest BCUT2D eigenvalue weighted by atomic mass is 9.98. The Morgan fingerprint density at radius 3 is 2.61 bits per heavy atom. The first kappa shape index (κ1) is 20.2. The average Bonchev–Trinajstić information content (AvgIpc) is 3.22. The first-order valence-corrected chi connectivity index (χ1v) is 10.4. The third-order valence-electron chi connectivity index (χ3n) is 5.18. The molecule has 0 bridgehead atoms. The van der Waals surface area contributed by atoms with Gasteiger partial charge in [-0.2, -0.15) is 0 Å². The molecule has 2 N–H and O–H groups in total. The van der Waals surface area contributed by atoms with Crippen molar-refractivity contribution in [2.24, 2.45) is 0 Å². The van der Waals surface area contributed by atoms with Crippen molar-refractivity contribution in [3.05, 3.63) is 24.3 Å². The van der Waals surface area contributed by atoms with E-state index in [0.717, 1.165) is 22.6 Å². The molecule has 1 saturated heterocycles. The van der Waals surface area contributed by atoms with E-state index in [1.54, 1.807) is 6.07 Å². The summed E-state index contributed by atoms with van der Waals surface area (Å²) < 4.78 is 0. The molecule has 1 aromatic carbocycles. The van der Waals surface area contributed by atoms with Gasteiger partial charge in [0.1, 0.15) is 12.1 Å². The van der Waals surface area contributed by atoms with Crippen LogP contribution in [0.5, 0.6) is 0 Å². The molecule has 1 saturated carbocycles. The Bertz CT molecular complexity index is 807. The third kappa shape index (κ3) is 3.99. The quantitative estimate of drug-likeness (QED) is 0.555. The molecule has 0 atom stereocenters. The number of imide groups is 1. The average molecular weight is 404 g/mol. The predicted molar refractivity (Wildman–Crippen MR) is 106 cm³/mol. The number of thioether (sulfide) groups is 1.